The van der Waals surface area contributed by atoms with Crippen LogP contribution in [0.2, 0.25) is 0 Å². The Kier molecular flexibility index (Phi) is 4.78. The highest BCUT2D eigenvalue weighted by atomic mass is 32.2. The van der Waals surface area contributed by atoms with E-state index < -0.39 is 45.9 Å². The summed E-state index contributed by atoms with van der Waals surface area (Å²) in [4.78, 5) is 24.5. The number of rotatable bonds is 5. The molecular formula is C15H19NO7S2. The van der Waals surface area contributed by atoms with E-state index in [1.54, 1.807) is 11.4 Å². The highest BCUT2D eigenvalue weighted by Crippen LogP contribution is 2.50. The maximum absolute atomic E-state index is 13.2. The number of nitrogens with zero attached hydrogens (tertiary/aromatic N) is 1. The van der Waals surface area contributed by atoms with Crippen LogP contribution in [0.15, 0.2) is 15.7 Å². The van der Waals surface area contributed by atoms with E-state index in [1.807, 2.05) is 0 Å². The van der Waals surface area contributed by atoms with Crippen LogP contribution in [0.3, 0.4) is 0 Å². The molecule has 0 spiro atoms. The molecule has 0 aromatic carbocycles. The third-order valence-electron chi connectivity index (χ3n) is 4.90. The Morgan fingerprint density at radius 2 is 1.60 bits per heavy atom. The number of ether oxygens (including phenoxy) is 3. The van der Waals surface area contributed by atoms with E-state index in [9.17, 15) is 18.0 Å². The van der Waals surface area contributed by atoms with Crippen molar-refractivity contribution in [2.75, 3.05) is 21.3 Å². The maximum Gasteiger partial charge on any atom is 0.311 e. The van der Waals surface area contributed by atoms with Gasteiger partial charge in [-0.25, -0.2) is 8.42 Å². The summed E-state index contributed by atoms with van der Waals surface area (Å²) < 4.78 is 42.5. The molecule has 2 saturated heterocycles. The number of sulfonamides is 1. The number of carbonyl (C=O) groups excluding carboxylic acids is 2. The van der Waals surface area contributed by atoms with Gasteiger partial charge in [-0.2, -0.15) is 4.31 Å². The van der Waals surface area contributed by atoms with E-state index in [-0.39, 0.29) is 9.96 Å². The van der Waals surface area contributed by atoms with Gasteiger partial charge < -0.3 is 14.2 Å². The molecular weight excluding hydrogens is 370 g/mol. The molecule has 2 aliphatic rings. The number of methoxy groups -OCH3 is 3. The Morgan fingerprint density at radius 1 is 1.08 bits per heavy atom. The van der Waals surface area contributed by atoms with Crippen molar-refractivity contribution >= 4 is 33.3 Å². The van der Waals surface area contributed by atoms with Crippen molar-refractivity contribution in [3.63, 3.8) is 0 Å². The smallest absolute Gasteiger partial charge is 0.311 e. The fraction of sp³-hybridized carbons (Fsp3) is 0.600. The van der Waals surface area contributed by atoms with Gasteiger partial charge in [0, 0.05) is 12.1 Å². The number of hydrogen-bond acceptors (Lipinski definition) is 8. The number of fused-ring (bicyclic) bond motifs is 2. The normalized spacial score (nSPS) is 28.8. The van der Waals surface area contributed by atoms with E-state index >= 15 is 0 Å². The van der Waals surface area contributed by atoms with Crippen molar-refractivity contribution in [3.05, 3.63) is 11.4 Å². The molecule has 4 atom stereocenters. The molecule has 2 fully saturated rings. The highest BCUT2D eigenvalue weighted by molar-refractivity contribution is 7.91. The summed E-state index contributed by atoms with van der Waals surface area (Å²) in [5.41, 5.74) is 0. The van der Waals surface area contributed by atoms with Gasteiger partial charge in [0.05, 0.1) is 33.2 Å². The molecule has 2 bridgehead atoms. The van der Waals surface area contributed by atoms with Crippen LogP contribution in [0, 0.1) is 11.8 Å². The Morgan fingerprint density at radius 3 is 2.04 bits per heavy atom. The third-order valence-corrected chi connectivity index (χ3v) is 8.28. The predicted molar refractivity (Wildman–Crippen MR) is 87.7 cm³/mol. The zero-order valence-electron chi connectivity index (χ0n) is 14.0. The van der Waals surface area contributed by atoms with Gasteiger partial charge >= 0.3 is 11.9 Å². The van der Waals surface area contributed by atoms with Crippen LogP contribution >= 0.6 is 11.3 Å². The number of hydrogen-bond donors (Lipinski definition) is 0. The first-order valence-electron chi connectivity index (χ1n) is 7.69. The average molecular weight is 389 g/mol. The van der Waals surface area contributed by atoms with Gasteiger partial charge in [0.1, 0.15) is 5.75 Å². The molecule has 4 unspecified atom stereocenters. The van der Waals surface area contributed by atoms with Crippen LogP contribution in [0.5, 0.6) is 5.75 Å². The van der Waals surface area contributed by atoms with Crippen molar-refractivity contribution < 1.29 is 32.2 Å². The van der Waals surface area contributed by atoms with E-state index in [2.05, 4.69) is 0 Å². The van der Waals surface area contributed by atoms with Crippen molar-refractivity contribution in [2.45, 2.75) is 29.1 Å². The Bertz CT molecular complexity index is 758. The topological polar surface area (TPSA) is 99.2 Å². The monoisotopic (exact) mass is 389 g/mol. The van der Waals surface area contributed by atoms with Crippen LogP contribution in [-0.2, 0) is 29.1 Å². The molecule has 0 amide bonds. The zero-order valence-corrected chi connectivity index (χ0v) is 15.6. The van der Waals surface area contributed by atoms with Gasteiger partial charge in [0.25, 0.3) is 10.0 Å². The van der Waals surface area contributed by atoms with Crippen molar-refractivity contribution in [1.82, 2.24) is 4.31 Å². The molecule has 0 radical (unpaired) electrons. The summed E-state index contributed by atoms with van der Waals surface area (Å²) in [7, 11) is -0.0630. The molecule has 1 aromatic rings. The Hall–Kier alpha value is -1.65. The van der Waals surface area contributed by atoms with Crippen molar-refractivity contribution in [2.24, 2.45) is 11.8 Å². The SMILES string of the molecule is COC(=O)C1C(C(=O)OC)C2CCC1N2S(=O)(=O)c1sccc1OC. The number of thiophene rings is 1. The van der Waals surface area contributed by atoms with E-state index in [1.165, 1.54) is 25.6 Å². The summed E-state index contributed by atoms with van der Waals surface area (Å²) >= 11 is 1.04. The second-order valence-corrected chi connectivity index (χ2v) is 8.88. The van der Waals surface area contributed by atoms with Gasteiger partial charge in [0.15, 0.2) is 4.21 Å². The fourth-order valence-corrected chi connectivity index (χ4v) is 7.23. The minimum atomic E-state index is -3.91. The quantitative estimate of drug-likeness (QED) is 0.689. The van der Waals surface area contributed by atoms with Crippen LogP contribution in [0.25, 0.3) is 0 Å². The Labute approximate surface area is 149 Å². The summed E-state index contributed by atoms with van der Waals surface area (Å²) in [6, 6.07) is 0.321. The molecule has 138 valence electrons. The molecule has 0 saturated carbocycles. The molecule has 25 heavy (non-hydrogen) atoms. The fourth-order valence-electron chi connectivity index (χ4n) is 3.95. The average Bonchev–Trinajstić information content (AvgIpc) is 3.32. The lowest BCUT2D eigenvalue weighted by atomic mass is 9.79. The van der Waals surface area contributed by atoms with Gasteiger partial charge in [-0.05, 0) is 24.3 Å². The van der Waals surface area contributed by atoms with Crippen LogP contribution in [0.1, 0.15) is 12.8 Å². The maximum atomic E-state index is 13.2. The lowest BCUT2D eigenvalue weighted by Gasteiger charge is -2.24. The van der Waals surface area contributed by atoms with E-state index in [4.69, 9.17) is 14.2 Å². The molecule has 1 aromatic heterocycles. The van der Waals surface area contributed by atoms with Gasteiger partial charge in [0.2, 0.25) is 0 Å². The highest BCUT2D eigenvalue weighted by Gasteiger charge is 2.63. The van der Waals surface area contributed by atoms with Crippen LogP contribution < -0.4 is 4.74 Å². The molecule has 2 aliphatic heterocycles. The summed E-state index contributed by atoms with van der Waals surface area (Å²) in [6.07, 6.45) is 0.982. The second-order valence-electron chi connectivity index (χ2n) is 5.92. The van der Waals surface area contributed by atoms with Crippen molar-refractivity contribution in [3.8, 4) is 5.75 Å². The van der Waals surface area contributed by atoms with E-state index in [0.29, 0.717) is 12.8 Å². The largest absolute Gasteiger partial charge is 0.494 e. The molecule has 10 heteroatoms. The van der Waals surface area contributed by atoms with Crippen LogP contribution in [-0.4, -0.2) is 58.1 Å². The minimum Gasteiger partial charge on any atom is -0.494 e. The summed E-state index contributed by atoms with van der Waals surface area (Å²) in [5.74, 6) is -2.67. The van der Waals surface area contributed by atoms with Gasteiger partial charge in [-0.3, -0.25) is 9.59 Å². The molecule has 3 rings (SSSR count). The first kappa shape index (κ1) is 18.2. The molecule has 0 aliphatic carbocycles. The van der Waals surface area contributed by atoms with Gasteiger partial charge in [-0.15, -0.1) is 11.3 Å². The lowest BCUT2D eigenvalue weighted by molar-refractivity contribution is -0.157. The van der Waals surface area contributed by atoms with Crippen molar-refractivity contribution in [1.29, 1.82) is 0 Å². The molecule has 8 nitrogen and oxygen atoms in total. The third kappa shape index (κ3) is 2.63. The lowest BCUT2D eigenvalue weighted by Crippen LogP contribution is -2.39. The standard InChI is InChI=1S/C15H19NO7S2/c1-21-10-6-7-24-15(10)25(19,20)16-8-4-5-9(16)12(14(18)23-3)11(8)13(17)22-2/h6-9,11-12H,4-5H2,1-3H3. The summed E-state index contributed by atoms with van der Waals surface area (Å²) in [6.45, 7) is 0. The predicted octanol–water partition coefficient (Wildman–Crippen LogP) is 0.870. The molecule has 3 heterocycles. The zero-order chi connectivity index (χ0) is 18.4. The first-order chi connectivity index (χ1) is 11.9. The summed E-state index contributed by atoms with van der Waals surface area (Å²) in [5, 5.41) is 1.62. The first-order valence-corrected chi connectivity index (χ1v) is 10.0. The van der Waals surface area contributed by atoms with Gasteiger partial charge in [-0.1, -0.05) is 0 Å². The number of esters is 2. The van der Waals surface area contributed by atoms with E-state index in [0.717, 1.165) is 11.3 Å². The van der Waals surface area contributed by atoms with Crippen LogP contribution in [0.4, 0.5) is 0 Å². The minimum absolute atomic E-state index is 0.0704. The molecule has 0 N–H and O–H groups in total. The Balaban J connectivity index is 2.06. The second kappa shape index (κ2) is 6.58. The number of carbonyl (C=O) groups is 2.